The molecule has 360 valence electrons. The third-order valence-corrected chi connectivity index (χ3v) is 19.4. The molecule has 14 rings (SSSR count). The van der Waals surface area contributed by atoms with Crippen LogP contribution in [-0.2, 0) is 11.8 Å². The van der Waals surface area contributed by atoms with Gasteiger partial charge in [0.15, 0.2) is 22.8 Å². The van der Waals surface area contributed by atoms with E-state index in [9.17, 15) is 0 Å². The number of rotatable bonds is 7. The van der Waals surface area contributed by atoms with Gasteiger partial charge in [-0.2, -0.15) is 13.5 Å². The molecular weight excluding hydrogens is 903 g/mol. The van der Waals surface area contributed by atoms with Crippen LogP contribution in [0.3, 0.4) is 0 Å². The molecule has 4 nitrogen and oxygen atoms in total. The Morgan fingerprint density at radius 2 is 1.34 bits per heavy atom. The second-order valence-corrected chi connectivity index (χ2v) is 29.2. The van der Waals surface area contributed by atoms with Crippen molar-refractivity contribution in [3.63, 3.8) is 0 Å². The molecule has 4 aromatic heterocycles. The molecule has 1 saturated carbocycles. The van der Waals surface area contributed by atoms with Crippen molar-refractivity contribution in [1.82, 2.24) is 4.57 Å². The lowest BCUT2D eigenvalue weighted by Crippen LogP contribution is -2.59. The van der Waals surface area contributed by atoms with Crippen LogP contribution in [0.2, 0.25) is 19.6 Å². The molecule has 5 heterocycles. The van der Waals surface area contributed by atoms with E-state index >= 15 is 0 Å². The minimum atomic E-state index is -1.79. The van der Waals surface area contributed by atoms with E-state index in [1.165, 1.54) is 116 Å². The summed E-state index contributed by atoms with van der Waals surface area (Å²) in [5.74, 6) is 1.29. The summed E-state index contributed by atoms with van der Waals surface area (Å²) >= 11 is 0. The average Bonchev–Trinajstić information content (AvgIpc) is 4.13. The van der Waals surface area contributed by atoms with Gasteiger partial charge >= 0.3 is 5.65 Å². The first-order valence-corrected chi connectivity index (χ1v) is 30.6. The maximum absolute atomic E-state index is 7.29. The number of nitrogens with zero attached hydrogens (tertiary/aromatic N) is 3. The highest BCUT2D eigenvalue weighted by Gasteiger charge is 2.58. The fourth-order valence-corrected chi connectivity index (χ4v) is 15.3. The van der Waals surface area contributed by atoms with Gasteiger partial charge in [-0.3, -0.25) is 0 Å². The standard InChI is InChI=1S/C68H65N3OSi/c1-41(2)45-31-32-48-54(36-45)61-64(69-40-59(73(6,7)8)46(37-57(48)69)35-42-21-15-16-22-42)60-51-34-33-50-49-27-17-20-30-58(49)72-66(50)62(51)67-70(55-28-18-19-29-56(55)71(67)65(60)61)63-52(43-23-11-9-12-24-43)38-47(68(3,4)5)39-53(63)44-25-13-10-14-26-44/h9-14,17-20,23-34,36-42,61,64H,15-16,21-22,35H2,1-8H3/q+2. The van der Waals surface area contributed by atoms with Gasteiger partial charge < -0.3 is 4.42 Å². The molecule has 11 aromatic rings. The van der Waals surface area contributed by atoms with E-state index in [0.29, 0.717) is 5.92 Å². The first kappa shape index (κ1) is 44.6. The smallest absolute Gasteiger partial charge is 0.304 e. The second-order valence-electron chi connectivity index (χ2n) is 24.2. The van der Waals surface area contributed by atoms with E-state index in [1.54, 1.807) is 10.8 Å². The fraction of sp³-hybridized carbons (Fsp3) is 0.265. The third kappa shape index (κ3) is 6.69. The van der Waals surface area contributed by atoms with Crippen LogP contribution in [0.5, 0.6) is 0 Å². The van der Waals surface area contributed by atoms with E-state index in [-0.39, 0.29) is 17.4 Å². The lowest BCUT2D eigenvalue weighted by molar-refractivity contribution is -0.716. The number of hydrogen-bond donors (Lipinski definition) is 0. The number of pyridine rings is 2. The first-order chi connectivity index (χ1) is 35.3. The molecule has 5 heteroatoms. The van der Waals surface area contributed by atoms with Gasteiger partial charge in [-0.15, -0.1) is 0 Å². The molecule has 0 saturated heterocycles. The van der Waals surface area contributed by atoms with Crippen LogP contribution in [0.1, 0.15) is 112 Å². The largest absolute Gasteiger partial charge is 0.455 e. The van der Waals surface area contributed by atoms with Gasteiger partial charge in [-0.1, -0.05) is 189 Å². The Morgan fingerprint density at radius 1 is 0.685 bits per heavy atom. The fourth-order valence-electron chi connectivity index (χ4n) is 13.7. The molecule has 1 aliphatic heterocycles. The van der Waals surface area contributed by atoms with Crippen molar-refractivity contribution in [3.05, 3.63) is 197 Å². The molecule has 1 fully saturated rings. The van der Waals surface area contributed by atoms with Crippen LogP contribution in [0.15, 0.2) is 168 Å². The van der Waals surface area contributed by atoms with Gasteiger partial charge in [0, 0.05) is 38.5 Å². The van der Waals surface area contributed by atoms with Gasteiger partial charge in [-0.25, -0.2) is 0 Å². The third-order valence-electron chi connectivity index (χ3n) is 17.3. The second kappa shape index (κ2) is 16.2. The van der Waals surface area contributed by atoms with Gasteiger partial charge in [0.05, 0.1) is 19.2 Å². The maximum Gasteiger partial charge on any atom is 0.304 e. The summed E-state index contributed by atoms with van der Waals surface area (Å²) in [4.78, 5) is 0. The number of hydrogen-bond acceptors (Lipinski definition) is 1. The minimum absolute atomic E-state index is 0.101. The zero-order valence-electron chi connectivity index (χ0n) is 43.7. The van der Waals surface area contributed by atoms with Gasteiger partial charge in [0.1, 0.15) is 28.3 Å². The molecule has 0 spiro atoms. The monoisotopic (exact) mass is 967 g/mol. The van der Waals surface area contributed by atoms with Gasteiger partial charge in [0.25, 0.3) is 0 Å². The predicted octanol–water partition coefficient (Wildman–Crippen LogP) is 16.5. The van der Waals surface area contributed by atoms with Crippen LogP contribution in [0.4, 0.5) is 0 Å². The number of para-hydroxylation sites is 3. The average molecular weight is 968 g/mol. The van der Waals surface area contributed by atoms with Crippen LogP contribution < -0.4 is 14.2 Å². The topological polar surface area (TPSA) is 26.1 Å². The van der Waals surface area contributed by atoms with Crippen molar-refractivity contribution in [2.45, 2.75) is 110 Å². The molecule has 3 aliphatic rings. The molecule has 0 N–H and O–H groups in total. The highest BCUT2D eigenvalue weighted by atomic mass is 28.3. The summed E-state index contributed by atoms with van der Waals surface area (Å²) in [6, 6.07) is 60.1. The summed E-state index contributed by atoms with van der Waals surface area (Å²) in [5, 5.41) is 6.34. The van der Waals surface area contributed by atoms with Crippen molar-refractivity contribution in [3.8, 4) is 39.2 Å². The zero-order valence-corrected chi connectivity index (χ0v) is 44.7. The van der Waals surface area contributed by atoms with Crippen LogP contribution >= 0.6 is 0 Å². The van der Waals surface area contributed by atoms with Crippen LogP contribution in [-0.4, -0.2) is 12.6 Å². The lowest BCUT2D eigenvalue weighted by Gasteiger charge is -2.40. The molecule has 73 heavy (non-hydrogen) atoms. The summed E-state index contributed by atoms with van der Waals surface area (Å²) in [5.41, 5.74) is 22.6. The van der Waals surface area contributed by atoms with Gasteiger partial charge in [-0.05, 0) is 99.5 Å². The predicted molar refractivity (Wildman–Crippen MR) is 306 cm³/mol. The molecule has 2 atom stereocenters. The van der Waals surface area contributed by atoms with E-state index in [2.05, 4.69) is 232 Å². The van der Waals surface area contributed by atoms with E-state index in [0.717, 1.165) is 38.9 Å². The Labute approximate surface area is 430 Å². The Morgan fingerprint density at radius 3 is 2.03 bits per heavy atom. The number of benzene rings is 7. The van der Waals surface area contributed by atoms with Crippen molar-refractivity contribution in [2.24, 2.45) is 5.92 Å². The molecule has 0 radical (unpaired) electrons. The summed E-state index contributed by atoms with van der Waals surface area (Å²) in [6.07, 6.45) is 9.30. The molecule has 0 amide bonds. The summed E-state index contributed by atoms with van der Waals surface area (Å²) in [7, 11) is -1.79. The zero-order chi connectivity index (χ0) is 49.7. The Kier molecular flexibility index (Phi) is 9.90. The van der Waals surface area contributed by atoms with Crippen molar-refractivity contribution < 1.29 is 13.4 Å². The quantitative estimate of drug-likeness (QED) is 0.115. The van der Waals surface area contributed by atoms with Crippen LogP contribution in [0, 0.1) is 5.92 Å². The van der Waals surface area contributed by atoms with E-state index in [4.69, 9.17) is 4.42 Å². The van der Waals surface area contributed by atoms with E-state index < -0.39 is 8.07 Å². The molecule has 0 bridgehead atoms. The number of furan rings is 1. The Hall–Kier alpha value is -7.08. The SMILES string of the molecule is CC(C)c1ccc2c(c1)C1c3c(c4ccc5c6ccccc6oc5c4c4n(-c5c(-c6ccccc6)cc(C(C)(C)C)cc5-c5ccccc5)c5ccccc5[n+]34)C1[n+]1cc([Si](C)(C)C)c(CC3CCCC3)cc1-2. The number of fused-ring (bicyclic) bond motifs is 20. The molecule has 7 aromatic carbocycles. The van der Waals surface area contributed by atoms with Crippen molar-refractivity contribution >= 4 is 62.7 Å². The summed E-state index contributed by atoms with van der Waals surface area (Å²) < 4.78 is 15.4. The minimum Gasteiger partial charge on any atom is -0.455 e. The first-order valence-electron chi connectivity index (χ1n) is 27.1. The molecule has 2 unspecified atom stereocenters. The number of aromatic nitrogens is 3. The lowest BCUT2D eigenvalue weighted by atomic mass is 9.66. The van der Waals surface area contributed by atoms with Gasteiger partial charge in [0.2, 0.25) is 11.7 Å². The van der Waals surface area contributed by atoms with Crippen molar-refractivity contribution in [2.75, 3.05) is 0 Å². The van der Waals surface area contributed by atoms with E-state index in [1.807, 2.05) is 0 Å². The normalized spacial score (nSPS) is 16.7. The maximum atomic E-state index is 7.29. The Bertz CT molecular complexity index is 4000. The Balaban J connectivity index is 1.18. The highest BCUT2D eigenvalue weighted by molar-refractivity contribution is 6.89. The molecule has 2 aliphatic carbocycles. The van der Waals surface area contributed by atoms with Crippen LogP contribution in [0.25, 0.3) is 88.6 Å². The number of imidazole rings is 1. The highest BCUT2D eigenvalue weighted by Crippen LogP contribution is 2.57. The molecular formula is C68H65N3OSi+2. The summed E-state index contributed by atoms with van der Waals surface area (Å²) in [6.45, 7) is 19.4. The van der Waals surface area contributed by atoms with Crippen molar-refractivity contribution in [1.29, 1.82) is 0 Å².